The number of aromatic nitrogens is 3. The average Bonchev–Trinajstić information content (AvgIpc) is 3.11. The van der Waals surface area contributed by atoms with Crippen molar-refractivity contribution in [1.82, 2.24) is 20.3 Å². The van der Waals surface area contributed by atoms with Gasteiger partial charge < -0.3 is 14.7 Å². The van der Waals surface area contributed by atoms with E-state index < -0.39 is 0 Å². The minimum Gasteiger partial charge on any atom is -0.370 e. The lowest BCUT2D eigenvalue weighted by Crippen LogP contribution is -2.39. The topological polar surface area (TPSA) is 93.3 Å². The lowest BCUT2D eigenvalue weighted by molar-refractivity contribution is 0.0943. The minimum atomic E-state index is -0.118. The fourth-order valence-corrected chi connectivity index (χ4v) is 3.22. The van der Waals surface area contributed by atoms with Crippen LogP contribution in [0.2, 0.25) is 0 Å². The third-order valence-electron chi connectivity index (χ3n) is 4.85. The molecule has 8 heteroatoms. The van der Waals surface area contributed by atoms with Gasteiger partial charge in [-0.3, -0.25) is 9.59 Å². The zero-order valence-electron chi connectivity index (χ0n) is 15.3. The van der Waals surface area contributed by atoms with E-state index in [0.29, 0.717) is 30.2 Å². The van der Waals surface area contributed by atoms with Crippen LogP contribution in [0.15, 0.2) is 27.8 Å². The van der Waals surface area contributed by atoms with Gasteiger partial charge in [0.05, 0.1) is 18.1 Å². The second-order valence-corrected chi connectivity index (χ2v) is 6.73. The van der Waals surface area contributed by atoms with Crippen molar-refractivity contribution in [2.24, 2.45) is 13.0 Å². The maximum Gasteiger partial charge on any atom is 0.268 e. The summed E-state index contributed by atoms with van der Waals surface area (Å²) >= 11 is 0. The Bertz CT molecular complexity index is 805. The molecule has 0 saturated carbocycles. The summed E-state index contributed by atoms with van der Waals surface area (Å²) in [6.07, 6.45) is 6.76. The second kappa shape index (κ2) is 8.16. The molecule has 3 heterocycles. The van der Waals surface area contributed by atoms with E-state index in [1.54, 1.807) is 19.3 Å². The van der Waals surface area contributed by atoms with Gasteiger partial charge in [-0.25, -0.2) is 4.68 Å². The highest BCUT2D eigenvalue weighted by Crippen LogP contribution is 2.21. The van der Waals surface area contributed by atoms with E-state index in [-0.39, 0.29) is 11.5 Å². The molecule has 0 aromatic carbocycles. The van der Waals surface area contributed by atoms with Gasteiger partial charge in [0.25, 0.3) is 11.5 Å². The van der Waals surface area contributed by atoms with Crippen molar-refractivity contribution in [3.05, 3.63) is 40.1 Å². The Morgan fingerprint density at radius 2 is 2.12 bits per heavy atom. The predicted octanol–water partition coefficient (Wildman–Crippen LogP) is 1.37. The van der Waals surface area contributed by atoms with E-state index in [4.69, 9.17) is 4.52 Å². The van der Waals surface area contributed by atoms with E-state index in [2.05, 4.69) is 20.5 Å². The van der Waals surface area contributed by atoms with E-state index in [1.807, 2.05) is 6.92 Å². The molecular formula is C18H25N5O3. The molecule has 0 spiro atoms. The van der Waals surface area contributed by atoms with Crippen LogP contribution in [0.3, 0.4) is 0 Å². The molecule has 2 aromatic heterocycles. The molecule has 1 N–H and O–H groups in total. The minimum absolute atomic E-state index is 0.103. The highest BCUT2D eigenvalue weighted by atomic mass is 16.5. The first-order valence-electron chi connectivity index (χ1n) is 9.08. The quantitative estimate of drug-likeness (QED) is 0.837. The number of piperidine rings is 1. The van der Waals surface area contributed by atoms with E-state index in [0.717, 1.165) is 38.0 Å². The van der Waals surface area contributed by atoms with Gasteiger partial charge in [-0.15, -0.1) is 0 Å². The summed E-state index contributed by atoms with van der Waals surface area (Å²) in [5, 5.41) is 10.8. The smallest absolute Gasteiger partial charge is 0.268 e. The average molecular weight is 359 g/mol. The molecule has 1 saturated heterocycles. The third kappa shape index (κ3) is 4.12. The normalized spacial score (nSPS) is 15.2. The molecule has 0 bridgehead atoms. The number of hydrogen-bond donors (Lipinski definition) is 1. The molecule has 0 radical (unpaired) electrons. The molecular weight excluding hydrogens is 334 g/mol. The first kappa shape index (κ1) is 18.2. The van der Waals surface area contributed by atoms with Crippen LogP contribution in [0, 0.1) is 5.92 Å². The maximum atomic E-state index is 12.3. The Labute approximate surface area is 152 Å². The third-order valence-corrected chi connectivity index (χ3v) is 4.85. The molecule has 2 aromatic rings. The maximum absolute atomic E-state index is 12.3. The van der Waals surface area contributed by atoms with Gasteiger partial charge in [0, 0.05) is 39.2 Å². The number of nitrogens with zero attached hydrogens (tertiary/aromatic N) is 4. The van der Waals surface area contributed by atoms with E-state index in [1.165, 1.54) is 10.9 Å². The Balaban J connectivity index is 1.49. The van der Waals surface area contributed by atoms with Crippen LogP contribution in [-0.2, 0) is 13.5 Å². The van der Waals surface area contributed by atoms with Crippen LogP contribution >= 0.6 is 0 Å². The van der Waals surface area contributed by atoms with Crippen LogP contribution in [-0.4, -0.2) is 40.5 Å². The first-order valence-corrected chi connectivity index (χ1v) is 9.08. The summed E-state index contributed by atoms with van der Waals surface area (Å²) in [5.74, 6) is 0.954. The number of anilines is 1. The summed E-state index contributed by atoms with van der Waals surface area (Å²) in [7, 11) is 1.64. The molecule has 8 nitrogen and oxygen atoms in total. The largest absolute Gasteiger partial charge is 0.370 e. The zero-order chi connectivity index (χ0) is 18.5. The molecule has 1 fully saturated rings. The van der Waals surface area contributed by atoms with Gasteiger partial charge in [0.1, 0.15) is 11.3 Å². The molecule has 0 unspecified atom stereocenters. The summed E-state index contributed by atoms with van der Waals surface area (Å²) in [6, 6.07) is 1.62. The Hall–Kier alpha value is -2.64. The molecule has 3 rings (SSSR count). The molecule has 1 aliphatic rings. The van der Waals surface area contributed by atoms with Crippen LogP contribution < -0.4 is 15.8 Å². The van der Waals surface area contributed by atoms with Crippen LogP contribution in [0.25, 0.3) is 0 Å². The summed E-state index contributed by atoms with van der Waals surface area (Å²) in [4.78, 5) is 26.2. The SMILES string of the molecule is CCCc1oncc1C(=O)NCC1CCN(c2cnn(C)c(=O)c2)CC1. The fourth-order valence-electron chi connectivity index (χ4n) is 3.22. The first-order chi connectivity index (χ1) is 12.6. The number of hydrogen-bond acceptors (Lipinski definition) is 6. The number of aryl methyl sites for hydroxylation is 2. The number of carbonyl (C=O) groups excluding carboxylic acids is 1. The van der Waals surface area contributed by atoms with Crippen molar-refractivity contribution < 1.29 is 9.32 Å². The predicted molar refractivity (Wildman–Crippen MR) is 97.2 cm³/mol. The molecule has 140 valence electrons. The summed E-state index contributed by atoms with van der Waals surface area (Å²) in [6.45, 7) is 4.38. The van der Waals surface area contributed by atoms with Gasteiger partial charge in [-0.1, -0.05) is 12.1 Å². The molecule has 1 aliphatic heterocycles. The van der Waals surface area contributed by atoms with Gasteiger partial charge >= 0.3 is 0 Å². The van der Waals surface area contributed by atoms with Gasteiger partial charge in [-0.05, 0) is 25.2 Å². The summed E-state index contributed by atoms with van der Waals surface area (Å²) in [5.41, 5.74) is 1.30. The second-order valence-electron chi connectivity index (χ2n) is 6.73. The van der Waals surface area contributed by atoms with Crippen LogP contribution in [0.4, 0.5) is 5.69 Å². The molecule has 26 heavy (non-hydrogen) atoms. The lowest BCUT2D eigenvalue weighted by Gasteiger charge is -2.33. The van der Waals surface area contributed by atoms with Gasteiger partial charge in [0.15, 0.2) is 0 Å². The number of rotatable bonds is 6. The molecule has 0 atom stereocenters. The summed E-state index contributed by atoms with van der Waals surface area (Å²) < 4.78 is 6.47. The molecule has 0 aliphatic carbocycles. The lowest BCUT2D eigenvalue weighted by atomic mass is 9.96. The fraction of sp³-hybridized carbons (Fsp3) is 0.556. The van der Waals surface area contributed by atoms with Crippen molar-refractivity contribution in [2.75, 3.05) is 24.5 Å². The van der Waals surface area contributed by atoms with Crippen molar-refractivity contribution >= 4 is 11.6 Å². The van der Waals surface area contributed by atoms with E-state index >= 15 is 0 Å². The van der Waals surface area contributed by atoms with Gasteiger partial charge in [0.2, 0.25) is 0 Å². The van der Waals surface area contributed by atoms with Crippen molar-refractivity contribution in [3.63, 3.8) is 0 Å². The van der Waals surface area contributed by atoms with Crippen LogP contribution in [0.1, 0.15) is 42.3 Å². The van der Waals surface area contributed by atoms with Crippen molar-refractivity contribution in [1.29, 1.82) is 0 Å². The van der Waals surface area contributed by atoms with E-state index in [9.17, 15) is 9.59 Å². The number of amides is 1. The van der Waals surface area contributed by atoms with Gasteiger partial charge in [-0.2, -0.15) is 5.10 Å². The van der Waals surface area contributed by atoms with Crippen molar-refractivity contribution in [3.8, 4) is 0 Å². The molecule has 1 amide bonds. The number of carbonyl (C=O) groups is 1. The zero-order valence-corrected chi connectivity index (χ0v) is 15.3. The highest BCUT2D eigenvalue weighted by Gasteiger charge is 2.22. The Morgan fingerprint density at radius 3 is 2.81 bits per heavy atom. The Morgan fingerprint density at radius 1 is 1.35 bits per heavy atom. The number of nitrogens with one attached hydrogen (secondary N) is 1. The monoisotopic (exact) mass is 359 g/mol. The van der Waals surface area contributed by atoms with Crippen molar-refractivity contribution in [2.45, 2.75) is 32.6 Å². The standard InChI is InChI=1S/C18H25N5O3/c1-3-4-16-15(12-21-26-16)18(25)19-10-13-5-7-23(8-6-13)14-9-17(24)22(2)20-11-14/h9,11-13H,3-8,10H2,1-2H3,(H,19,25). The Kier molecular flexibility index (Phi) is 5.70. The van der Waals surface area contributed by atoms with Crippen LogP contribution in [0.5, 0.6) is 0 Å². The highest BCUT2D eigenvalue weighted by molar-refractivity contribution is 5.94.